The van der Waals surface area contributed by atoms with Crippen LogP contribution < -0.4 is 0 Å². The van der Waals surface area contributed by atoms with E-state index in [0.29, 0.717) is 5.75 Å². The van der Waals surface area contributed by atoms with E-state index in [1.807, 2.05) is 18.3 Å². The predicted molar refractivity (Wildman–Crippen MR) is 61.8 cm³/mol. The fourth-order valence-corrected chi connectivity index (χ4v) is 2.03. The monoisotopic (exact) mass is 251 g/mol. The molecule has 1 unspecified atom stereocenters. The topological polar surface area (TPSA) is 36.0 Å². The van der Waals surface area contributed by atoms with Gasteiger partial charge in [-0.25, -0.2) is 0 Å². The second-order valence-electron chi connectivity index (χ2n) is 3.07. The molecule has 0 radical (unpaired) electrons. The van der Waals surface area contributed by atoms with E-state index >= 15 is 0 Å². The van der Waals surface area contributed by atoms with Gasteiger partial charge in [-0.15, -0.1) is 6.58 Å². The third-order valence-electron chi connectivity index (χ3n) is 2.24. The lowest BCUT2D eigenvalue weighted by Crippen LogP contribution is -1.87. The predicted octanol–water partition coefficient (Wildman–Crippen LogP) is 3.50. The highest BCUT2D eigenvalue weighted by Crippen LogP contribution is 2.36. The zero-order chi connectivity index (χ0) is 10.1. The number of benzene rings is 1. The number of H-pyrrole nitrogens is 1. The molecule has 2 rings (SSSR count). The Labute approximate surface area is 90.4 Å². The van der Waals surface area contributed by atoms with Crippen molar-refractivity contribution in [3.8, 4) is 5.75 Å². The number of aromatic nitrogens is 1. The van der Waals surface area contributed by atoms with Gasteiger partial charge >= 0.3 is 0 Å². The van der Waals surface area contributed by atoms with Crippen LogP contribution in [0, 0.1) is 0 Å². The maximum atomic E-state index is 9.74. The normalized spacial score (nSPS) is 12.9. The summed E-state index contributed by atoms with van der Waals surface area (Å²) < 4.78 is 0. The molecule has 0 spiro atoms. The highest BCUT2D eigenvalue weighted by atomic mass is 79.9. The summed E-state index contributed by atoms with van der Waals surface area (Å²) in [6, 6.07) is 5.49. The molecule has 0 amide bonds. The first kappa shape index (κ1) is 9.34. The maximum Gasteiger partial charge on any atom is 0.120 e. The van der Waals surface area contributed by atoms with Gasteiger partial charge in [0.15, 0.2) is 0 Å². The second-order valence-corrected chi connectivity index (χ2v) is 4.06. The summed E-state index contributed by atoms with van der Waals surface area (Å²) >= 11 is 3.45. The highest BCUT2D eigenvalue weighted by Gasteiger charge is 2.13. The standard InChI is InChI=1S/C11H10BrNO/c1-2-8(12)11-7-5-6-13-9(7)3-4-10(11)14/h2-6,8,13-14H,1H2. The minimum Gasteiger partial charge on any atom is -0.508 e. The van der Waals surface area contributed by atoms with E-state index in [0.717, 1.165) is 16.5 Å². The molecule has 1 aromatic heterocycles. The number of hydrogen-bond acceptors (Lipinski definition) is 1. The molecular weight excluding hydrogens is 242 g/mol. The molecule has 3 heteroatoms. The largest absolute Gasteiger partial charge is 0.508 e. The molecular formula is C11H10BrNO. The summed E-state index contributed by atoms with van der Waals surface area (Å²) in [6.07, 6.45) is 3.61. The number of halogens is 1. The molecule has 14 heavy (non-hydrogen) atoms. The molecule has 0 aliphatic rings. The van der Waals surface area contributed by atoms with Gasteiger partial charge in [0.25, 0.3) is 0 Å². The molecule has 2 aromatic rings. The van der Waals surface area contributed by atoms with Crippen LogP contribution in [0.2, 0.25) is 0 Å². The summed E-state index contributed by atoms with van der Waals surface area (Å²) in [7, 11) is 0. The van der Waals surface area contributed by atoms with E-state index in [-0.39, 0.29) is 4.83 Å². The summed E-state index contributed by atoms with van der Waals surface area (Å²) in [5, 5.41) is 10.8. The van der Waals surface area contributed by atoms with Crippen molar-refractivity contribution in [3.05, 3.63) is 42.6 Å². The Morgan fingerprint density at radius 1 is 1.43 bits per heavy atom. The number of allylic oxidation sites excluding steroid dienone is 1. The van der Waals surface area contributed by atoms with Crippen molar-refractivity contribution in [2.75, 3.05) is 0 Å². The number of phenolic OH excluding ortho intramolecular Hbond substituents is 1. The third kappa shape index (κ3) is 1.34. The van der Waals surface area contributed by atoms with Crippen LogP contribution in [0.5, 0.6) is 5.75 Å². The average Bonchev–Trinajstić information content (AvgIpc) is 2.64. The number of phenols is 1. The first-order valence-corrected chi connectivity index (χ1v) is 5.21. The first-order chi connectivity index (χ1) is 6.74. The quantitative estimate of drug-likeness (QED) is 0.622. The average molecular weight is 252 g/mol. The van der Waals surface area contributed by atoms with Crippen molar-refractivity contribution in [1.82, 2.24) is 4.98 Å². The number of hydrogen-bond donors (Lipinski definition) is 2. The molecule has 2 nitrogen and oxygen atoms in total. The molecule has 0 aliphatic heterocycles. The van der Waals surface area contributed by atoms with Crippen molar-refractivity contribution < 1.29 is 5.11 Å². The lowest BCUT2D eigenvalue weighted by molar-refractivity contribution is 0.471. The summed E-state index contributed by atoms with van der Waals surface area (Å²) in [4.78, 5) is 3.07. The van der Waals surface area contributed by atoms with E-state index in [4.69, 9.17) is 0 Å². The van der Waals surface area contributed by atoms with E-state index in [1.165, 1.54) is 0 Å². The second kappa shape index (κ2) is 3.50. The number of aromatic amines is 1. The summed E-state index contributed by atoms with van der Waals surface area (Å²) in [5.41, 5.74) is 1.88. The Balaban J connectivity index is 2.75. The van der Waals surface area contributed by atoms with E-state index in [2.05, 4.69) is 27.5 Å². The molecule has 1 heterocycles. The highest BCUT2D eigenvalue weighted by molar-refractivity contribution is 9.09. The Morgan fingerprint density at radius 2 is 2.21 bits per heavy atom. The van der Waals surface area contributed by atoms with Crippen LogP contribution in [-0.4, -0.2) is 10.1 Å². The number of alkyl halides is 1. The number of nitrogens with one attached hydrogen (secondary N) is 1. The number of aromatic hydroxyl groups is 1. The van der Waals surface area contributed by atoms with E-state index in [1.54, 1.807) is 12.1 Å². The van der Waals surface area contributed by atoms with Gasteiger partial charge in [-0.05, 0) is 18.2 Å². The molecule has 0 saturated heterocycles. The van der Waals surface area contributed by atoms with Crippen molar-refractivity contribution >= 4 is 26.8 Å². The molecule has 0 saturated carbocycles. The smallest absolute Gasteiger partial charge is 0.120 e. The van der Waals surface area contributed by atoms with Gasteiger partial charge in [0.05, 0.1) is 4.83 Å². The van der Waals surface area contributed by atoms with Crippen molar-refractivity contribution in [1.29, 1.82) is 0 Å². The van der Waals surface area contributed by atoms with E-state index < -0.39 is 0 Å². The Kier molecular flexibility index (Phi) is 2.33. The molecule has 1 atom stereocenters. The van der Waals surface area contributed by atoms with Gasteiger partial charge in [0, 0.05) is 22.7 Å². The zero-order valence-corrected chi connectivity index (χ0v) is 9.08. The van der Waals surface area contributed by atoms with Crippen LogP contribution in [0.25, 0.3) is 10.9 Å². The van der Waals surface area contributed by atoms with Crippen molar-refractivity contribution in [3.63, 3.8) is 0 Å². The van der Waals surface area contributed by atoms with Crippen LogP contribution >= 0.6 is 15.9 Å². The maximum absolute atomic E-state index is 9.74. The van der Waals surface area contributed by atoms with Crippen LogP contribution in [0.3, 0.4) is 0 Å². The fraction of sp³-hybridized carbons (Fsp3) is 0.0909. The SMILES string of the molecule is C=CC(Br)c1c(O)ccc2[nH]ccc12. The van der Waals surface area contributed by atoms with Gasteiger partial charge in [-0.1, -0.05) is 22.0 Å². The first-order valence-electron chi connectivity index (χ1n) is 4.29. The van der Waals surface area contributed by atoms with Gasteiger partial charge in [0.1, 0.15) is 5.75 Å². The number of rotatable bonds is 2. The van der Waals surface area contributed by atoms with Crippen molar-refractivity contribution in [2.24, 2.45) is 0 Å². The molecule has 0 aliphatic carbocycles. The lowest BCUT2D eigenvalue weighted by atomic mass is 10.1. The number of fused-ring (bicyclic) bond motifs is 1. The summed E-state index contributed by atoms with van der Waals surface area (Å²) in [6.45, 7) is 3.70. The van der Waals surface area contributed by atoms with Gasteiger partial charge in [-0.2, -0.15) is 0 Å². The third-order valence-corrected chi connectivity index (χ3v) is 3.07. The molecule has 1 aromatic carbocycles. The molecule has 0 bridgehead atoms. The minimum atomic E-state index is -0.0259. The minimum absolute atomic E-state index is 0.0259. The fourth-order valence-electron chi connectivity index (χ4n) is 1.55. The Bertz CT molecular complexity index is 475. The van der Waals surface area contributed by atoms with Gasteiger partial charge in [-0.3, -0.25) is 0 Å². The van der Waals surface area contributed by atoms with Crippen molar-refractivity contribution in [2.45, 2.75) is 4.83 Å². The van der Waals surface area contributed by atoms with Crippen LogP contribution in [0.4, 0.5) is 0 Å². The van der Waals surface area contributed by atoms with E-state index in [9.17, 15) is 5.11 Å². The Hall–Kier alpha value is -1.22. The van der Waals surface area contributed by atoms with Crippen LogP contribution in [0.15, 0.2) is 37.1 Å². The van der Waals surface area contributed by atoms with Crippen LogP contribution in [-0.2, 0) is 0 Å². The summed E-state index contributed by atoms with van der Waals surface area (Å²) in [5.74, 6) is 0.291. The van der Waals surface area contributed by atoms with Crippen LogP contribution in [0.1, 0.15) is 10.4 Å². The van der Waals surface area contributed by atoms with Gasteiger partial charge < -0.3 is 10.1 Å². The molecule has 72 valence electrons. The molecule has 0 fully saturated rings. The molecule has 2 N–H and O–H groups in total. The zero-order valence-electron chi connectivity index (χ0n) is 7.50. The Morgan fingerprint density at radius 3 is 2.93 bits per heavy atom. The van der Waals surface area contributed by atoms with Gasteiger partial charge in [0.2, 0.25) is 0 Å². The lowest BCUT2D eigenvalue weighted by Gasteiger charge is -2.08.